The molecule has 38 heavy (non-hydrogen) atoms. The first kappa shape index (κ1) is 27.9. The fraction of sp³-hybridized carbons (Fsp3) is 0.148. The second-order valence-electron chi connectivity index (χ2n) is 8.00. The summed E-state index contributed by atoms with van der Waals surface area (Å²) in [4.78, 5) is 38.8. The number of hydrogen-bond donors (Lipinski definition) is 1. The van der Waals surface area contributed by atoms with Gasteiger partial charge in [0.1, 0.15) is 19.0 Å². The lowest BCUT2D eigenvalue weighted by atomic mass is 10.1. The number of rotatable bonds is 9. The van der Waals surface area contributed by atoms with Gasteiger partial charge in [0.25, 0.3) is 11.1 Å². The molecule has 7 nitrogen and oxygen atoms in total. The third kappa shape index (κ3) is 7.03. The second-order valence-corrected chi connectivity index (χ2v) is 10.8. The lowest BCUT2D eigenvalue weighted by Gasteiger charge is -2.15. The molecule has 4 rings (SSSR count). The Labute approximate surface area is 239 Å². The van der Waals surface area contributed by atoms with Crippen molar-refractivity contribution in [2.24, 2.45) is 0 Å². The standard InChI is InChI=1S/C27H21Br2FN2O5S/c1-2-36-22-12-17(11-21(29)25(22)37-15-16-3-5-18(28)6-4-16)13-23-26(34)32(27(35)38-23)14-24(33)31-20-9-7-19(30)8-10-20/h3-13H,2,14-15H2,1H3,(H,31,33)/b23-13-. The third-order valence-electron chi connectivity index (χ3n) is 5.23. The molecule has 11 heteroatoms. The highest BCUT2D eigenvalue weighted by atomic mass is 79.9. The van der Waals surface area contributed by atoms with E-state index in [2.05, 4.69) is 37.2 Å². The van der Waals surface area contributed by atoms with E-state index >= 15 is 0 Å². The van der Waals surface area contributed by atoms with Crippen molar-refractivity contribution in [3.63, 3.8) is 0 Å². The number of imide groups is 1. The number of amides is 3. The molecule has 1 aliphatic heterocycles. The van der Waals surface area contributed by atoms with Gasteiger partial charge in [0.15, 0.2) is 11.5 Å². The van der Waals surface area contributed by atoms with E-state index in [1.807, 2.05) is 31.2 Å². The van der Waals surface area contributed by atoms with Crippen LogP contribution < -0.4 is 14.8 Å². The van der Waals surface area contributed by atoms with Crippen LogP contribution in [0.25, 0.3) is 6.08 Å². The minimum Gasteiger partial charge on any atom is -0.490 e. The molecule has 0 atom stereocenters. The molecular weight excluding hydrogens is 643 g/mol. The molecular formula is C27H21Br2FN2O5S. The van der Waals surface area contributed by atoms with Gasteiger partial charge in [-0.15, -0.1) is 0 Å². The summed E-state index contributed by atoms with van der Waals surface area (Å²) in [6.07, 6.45) is 1.56. The SMILES string of the molecule is CCOc1cc(/C=C2\SC(=O)N(CC(=O)Nc3ccc(F)cc3)C2=O)cc(Br)c1OCc1ccc(Br)cc1. The van der Waals surface area contributed by atoms with Gasteiger partial charge in [-0.1, -0.05) is 28.1 Å². The third-order valence-corrected chi connectivity index (χ3v) is 7.25. The number of hydrogen-bond acceptors (Lipinski definition) is 6. The molecule has 0 saturated carbocycles. The fourth-order valence-electron chi connectivity index (χ4n) is 3.48. The van der Waals surface area contributed by atoms with Gasteiger partial charge in [-0.3, -0.25) is 19.3 Å². The van der Waals surface area contributed by atoms with E-state index in [1.54, 1.807) is 18.2 Å². The maximum absolute atomic E-state index is 13.1. The van der Waals surface area contributed by atoms with Gasteiger partial charge in [-0.2, -0.15) is 0 Å². The topological polar surface area (TPSA) is 84.9 Å². The quantitative estimate of drug-likeness (QED) is 0.248. The number of halogens is 3. The molecule has 0 aliphatic carbocycles. The molecule has 3 amide bonds. The molecule has 0 bridgehead atoms. The number of carbonyl (C=O) groups is 3. The molecule has 1 aliphatic rings. The van der Waals surface area contributed by atoms with Gasteiger partial charge >= 0.3 is 0 Å². The van der Waals surface area contributed by atoms with Gasteiger partial charge in [0, 0.05) is 10.2 Å². The van der Waals surface area contributed by atoms with Crippen LogP contribution in [0.5, 0.6) is 11.5 Å². The molecule has 3 aromatic rings. The van der Waals surface area contributed by atoms with E-state index < -0.39 is 29.4 Å². The number of thioether (sulfide) groups is 1. The molecule has 3 aromatic carbocycles. The molecule has 1 saturated heterocycles. The summed E-state index contributed by atoms with van der Waals surface area (Å²) in [5.41, 5.74) is 1.94. The van der Waals surface area contributed by atoms with Crippen LogP contribution in [0.15, 0.2) is 74.5 Å². The number of carbonyl (C=O) groups excluding carboxylic acids is 3. The summed E-state index contributed by atoms with van der Waals surface area (Å²) in [5, 5.41) is 1.98. The lowest BCUT2D eigenvalue weighted by Crippen LogP contribution is -2.36. The van der Waals surface area contributed by atoms with Gasteiger partial charge in [0.05, 0.1) is 16.0 Å². The normalized spacial score (nSPS) is 14.2. The zero-order chi connectivity index (χ0) is 27.2. The van der Waals surface area contributed by atoms with E-state index in [-0.39, 0.29) is 4.91 Å². The van der Waals surface area contributed by atoms with Crippen molar-refractivity contribution < 1.29 is 28.2 Å². The first-order valence-corrected chi connectivity index (χ1v) is 13.8. The van der Waals surface area contributed by atoms with Crippen LogP contribution in [-0.2, 0) is 16.2 Å². The van der Waals surface area contributed by atoms with Crippen LogP contribution in [-0.4, -0.2) is 35.1 Å². The van der Waals surface area contributed by atoms with Crippen molar-refractivity contribution >= 4 is 72.4 Å². The first-order valence-electron chi connectivity index (χ1n) is 11.4. The number of benzene rings is 3. The zero-order valence-electron chi connectivity index (χ0n) is 20.0. The average molecular weight is 664 g/mol. The Kier molecular flexibility index (Phi) is 9.24. The summed E-state index contributed by atoms with van der Waals surface area (Å²) in [5.74, 6) is -0.615. The van der Waals surface area contributed by atoms with Crippen molar-refractivity contribution in [2.45, 2.75) is 13.5 Å². The van der Waals surface area contributed by atoms with Crippen LogP contribution >= 0.6 is 43.6 Å². The summed E-state index contributed by atoms with van der Waals surface area (Å²) >= 11 is 7.68. The monoisotopic (exact) mass is 662 g/mol. The molecule has 0 radical (unpaired) electrons. The van der Waals surface area contributed by atoms with Crippen LogP contribution in [0, 0.1) is 5.82 Å². The minimum atomic E-state index is -0.584. The summed E-state index contributed by atoms with van der Waals surface area (Å²) in [6, 6.07) is 16.4. The van der Waals surface area contributed by atoms with Gasteiger partial charge in [0.2, 0.25) is 5.91 Å². The largest absolute Gasteiger partial charge is 0.490 e. The zero-order valence-corrected chi connectivity index (χ0v) is 24.0. The van der Waals surface area contributed by atoms with E-state index in [4.69, 9.17) is 9.47 Å². The van der Waals surface area contributed by atoms with Gasteiger partial charge in [-0.25, -0.2) is 4.39 Å². The Bertz CT molecular complexity index is 1400. The van der Waals surface area contributed by atoms with E-state index in [9.17, 15) is 18.8 Å². The van der Waals surface area contributed by atoms with Crippen LogP contribution in [0.4, 0.5) is 14.9 Å². The van der Waals surface area contributed by atoms with E-state index in [0.717, 1.165) is 26.7 Å². The van der Waals surface area contributed by atoms with Crippen molar-refractivity contribution in [2.75, 3.05) is 18.5 Å². The van der Waals surface area contributed by atoms with Crippen molar-refractivity contribution in [1.82, 2.24) is 4.90 Å². The van der Waals surface area contributed by atoms with Crippen molar-refractivity contribution in [1.29, 1.82) is 0 Å². The predicted molar refractivity (Wildman–Crippen MR) is 151 cm³/mol. The van der Waals surface area contributed by atoms with Crippen molar-refractivity contribution in [3.05, 3.63) is 91.5 Å². The van der Waals surface area contributed by atoms with Crippen molar-refractivity contribution in [3.8, 4) is 11.5 Å². The molecule has 1 heterocycles. The predicted octanol–water partition coefficient (Wildman–Crippen LogP) is 7.00. The first-order chi connectivity index (χ1) is 18.2. The number of nitrogens with one attached hydrogen (secondary N) is 1. The lowest BCUT2D eigenvalue weighted by molar-refractivity contribution is -0.127. The number of ether oxygens (including phenoxy) is 2. The van der Waals surface area contributed by atoms with Gasteiger partial charge in [-0.05, 0) is 100 Å². The Morgan fingerprint density at radius 3 is 2.45 bits per heavy atom. The minimum absolute atomic E-state index is 0.169. The summed E-state index contributed by atoms with van der Waals surface area (Å²) in [6.45, 7) is 2.10. The molecule has 0 unspecified atom stereocenters. The molecule has 1 fully saturated rings. The van der Waals surface area contributed by atoms with E-state index in [1.165, 1.54) is 24.3 Å². The Balaban J connectivity index is 1.48. The second kappa shape index (κ2) is 12.6. The Morgan fingerprint density at radius 1 is 1.05 bits per heavy atom. The van der Waals surface area contributed by atoms with Gasteiger partial charge < -0.3 is 14.8 Å². The Hall–Kier alpha value is -3.15. The highest BCUT2D eigenvalue weighted by Crippen LogP contribution is 2.39. The molecule has 1 N–H and O–H groups in total. The highest BCUT2D eigenvalue weighted by molar-refractivity contribution is 9.10. The highest BCUT2D eigenvalue weighted by Gasteiger charge is 2.36. The maximum Gasteiger partial charge on any atom is 0.294 e. The molecule has 0 spiro atoms. The van der Waals surface area contributed by atoms with E-state index in [0.29, 0.717) is 40.4 Å². The molecule has 0 aromatic heterocycles. The van der Waals surface area contributed by atoms with Crippen LogP contribution in [0.3, 0.4) is 0 Å². The smallest absolute Gasteiger partial charge is 0.294 e. The van der Waals surface area contributed by atoms with Crippen LogP contribution in [0.1, 0.15) is 18.1 Å². The number of anilines is 1. The van der Waals surface area contributed by atoms with Crippen LogP contribution in [0.2, 0.25) is 0 Å². The summed E-state index contributed by atoms with van der Waals surface area (Å²) in [7, 11) is 0. The summed E-state index contributed by atoms with van der Waals surface area (Å²) < 4.78 is 26.5. The number of nitrogens with zero attached hydrogens (tertiary/aromatic N) is 1. The average Bonchev–Trinajstić information content (AvgIpc) is 3.13. The molecule has 196 valence electrons. The maximum atomic E-state index is 13.1. The Morgan fingerprint density at radius 2 is 1.76 bits per heavy atom. The fourth-order valence-corrected chi connectivity index (χ4v) is 5.15.